The zero-order chi connectivity index (χ0) is 21.6. The molecule has 10 heteroatoms. The number of carbonyl (C=O) groups is 1. The Labute approximate surface area is 182 Å². The summed E-state index contributed by atoms with van der Waals surface area (Å²) < 4.78 is 36.0. The predicted octanol–water partition coefficient (Wildman–Crippen LogP) is 3.06. The fourth-order valence-corrected chi connectivity index (χ4v) is 4.32. The van der Waals surface area contributed by atoms with Crippen molar-refractivity contribution in [2.75, 3.05) is 7.11 Å². The Morgan fingerprint density at radius 3 is 2.70 bits per heavy atom. The summed E-state index contributed by atoms with van der Waals surface area (Å²) in [6.45, 7) is 0.311. The average Bonchev–Trinajstić information content (AvgIpc) is 3.18. The van der Waals surface area contributed by atoms with Crippen LogP contribution >= 0.6 is 15.9 Å². The summed E-state index contributed by atoms with van der Waals surface area (Å²) in [6, 6.07) is 13.6. The minimum Gasteiger partial charge on any atom is -0.496 e. The molecule has 1 heterocycles. The van der Waals surface area contributed by atoms with Gasteiger partial charge in [-0.1, -0.05) is 39.3 Å². The number of hydrogen-bond acceptors (Lipinski definition) is 7. The number of aromatic nitrogens is 2. The quantitative estimate of drug-likeness (QED) is 0.487. The number of amides is 1. The summed E-state index contributed by atoms with van der Waals surface area (Å²) in [4.78, 5) is 16.4. The van der Waals surface area contributed by atoms with Crippen molar-refractivity contribution in [3.05, 3.63) is 70.3 Å². The van der Waals surface area contributed by atoms with Crippen LogP contribution in [0.4, 0.5) is 0 Å². The second-order valence-corrected chi connectivity index (χ2v) is 9.31. The molecule has 30 heavy (non-hydrogen) atoms. The summed E-state index contributed by atoms with van der Waals surface area (Å²) in [5.41, 5.74) is 0.839. The van der Waals surface area contributed by atoms with E-state index in [4.69, 9.17) is 9.26 Å². The fraction of sp³-hybridized carbons (Fsp3) is 0.250. The van der Waals surface area contributed by atoms with E-state index >= 15 is 0 Å². The Hall–Kier alpha value is -2.72. The fourth-order valence-electron chi connectivity index (χ4n) is 2.72. The van der Waals surface area contributed by atoms with Gasteiger partial charge in [0, 0.05) is 29.4 Å². The second kappa shape index (κ2) is 9.86. The first kappa shape index (κ1) is 22.0. The van der Waals surface area contributed by atoms with Crippen LogP contribution in [0, 0.1) is 0 Å². The van der Waals surface area contributed by atoms with E-state index in [1.54, 1.807) is 25.3 Å². The monoisotopic (exact) mass is 493 g/mol. The van der Waals surface area contributed by atoms with Crippen LogP contribution in [0.15, 0.2) is 62.4 Å². The van der Waals surface area contributed by atoms with Crippen LogP contribution in [0.3, 0.4) is 0 Å². The molecule has 3 aromatic rings. The van der Waals surface area contributed by atoms with Crippen molar-refractivity contribution >= 4 is 31.7 Å². The molecular weight excluding hydrogens is 474 g/mol. The molecule has 0 atom stereocenters. The Kier molecular flexibility index (Phi) is 7.22. The minimum absolute atomic E-state index is 0.0631. The van der Waals surface area contributed by atoms with E-state index in [-0.39, 0.29) is 41.1 Å². The average molecular weight is 494 g/mol. The molecule has 0 aliphatic carbocycles. The Morgan fingerprint density at radius 2 is 1.97 bits per heavy atom. The van der Waals surface area contributed by atoms with Crippen LogP contribution in [0.5, 0.6) is 5.75 Å². The van der Waals surface area contributed by atoms with E-state index in [9.17, 15) is 13.2 Å². The third-order valence-electron chi connectivity index (χ3n) is 4.22. The molecule has 0 radical (unpaired) electrons. The van der Waals surface area contributed by atoms with Gasteiger partial charge in [0.2, 0.25) is 11.8 Å². The van der Waals surface area contributed by atoms with E-state index in [1.165, 1.54) is 12.1 Å². The van der Waals surface area contributed by atoms with Crippen LogP contribution in [0.2, 0.25) is 0 Å². The molecule has 1 amide bonds. The number of rotatable bonds is 9. The number of sulfone groups is 1. The van der Waals surface area contributed by atoms with Crippen molar-refractivity contribution < 1.29 is 22.5 Å². The first-order valence-electron chi connectivity index (χ1n) is 9.06. The maximum absolute atomic E-state index is 12.4. The predicted molar refractivity (Wildman–Crippen MR) is 112 cm³/mol. The summed E-state index contributed by atoms with van der Waals surface area (Å²) in [6.07, 6.45) is 0.337. The van der Waals surface area contributed by atoms with E-state index in [1.807, 2.05) is 18.2 Å². The van der Waals surface area contributed by atoms with Crippen molar-refractivity contribution in [2.24, 2.45) is 0 Å². The molecule has 0 fully saturated rings. The first-order chi connectivity index (χ1) is 14.4. The molecule has 0 saturated carbocycles. The summed E-state index contributed by atoms with van der Waals surface area (Å²) in [5, 5.41) is 6.52. The van der Waals surface area contributed by atoms with Crippen LogP contribution in [-0.2, 0) is 33.4 Å². The molecule has 1 N–H and O–H groups in total. The van der Waals surface area contributed by atoms with Gasteiger partial charge in [0.1, 0.15) is 11.5 Å². The molecule has 0 bridgehead atoms. The number of nitrogens with one attached hydrogen (secondary N) is 1. The molecule has 0 aliphatic rings. The molecule has 158 valence electrons. The van der Waals surface area contributed by atoms with Gasteiger partial charge in [-0.3, -0.25) is 4.79 Å². The zero-order valence-corrected chi connectivity index (χ0v) is 18.6. The van der Waals surface area contributed by atoms with Gasteiger partial charge in [0.05, 0.1) is 12.0 Å². The molecule has 0 unspecified atom stereocenters. The lowest BCUT2D eigenvalue weighted by atomic mass is 10.2. The normalized spacial score (nSPS) is 11.3. The maximum Gasteiger partial charge on any atom is 0.227 e. The third-order valence-corrected chi connectivity index (χ3v) is 6.34. The van der Waals surface area contributed by atoms with Gasteiger partial charge in [0.15, 0.2) is 15.7 Å². The highest BCUT2D eigenvalue weighted by Gasteiger charge is 2.19. The lowest BCUT2D eigenvalue weighted by Gasteiger charge is -2.10. The summed E-state index contributed by atoms with van der Waals surface area (Å²) in [5.74, 6) is 0.389. The Bertz CT molecular complexity index is 1120. The molecule has 0 saturated heterocycles. The van der Waals surface area contributed by atoms with E-state index in [0.717, 1.165) is 10.0 Å². The molecule has 3 rings (SSSR count). The number of nitrogens with zero attached hydrogens (tertiary/aromatic N) is 2. The molecule has 2 aromatic carbocycles. The number of methoxy groups -OCH3 is 1. The van der Waals surface area contributed by atoms with E-state index in [0.29, 0.717) is 12.3 Å². The van der Waals surface area contributed by atoms with Crippen molar-refractivity contribution in [1.82, 2.24) is 15.5 Å². The number of ether oxygens (including phenoxy) is 1. The second-order valence-electron chi connectivity index (χ2n) is 6.41. The summed E-state index contributed by atoms with van der Waals surface area (Å²) in [7, 11) is -1.99. The van der Waals surface area contributed by atoms with Gasteiger partial charge < -0.3 is 14.6 Å². The van der Waals surface area contributed by atoms with Crippen LogP contribution < -0.4 is 10.1 Å². The lowest BCUT2D eigenvalue weighted by molar-refractivity contribution is -0.121. The van der Waals surface area contributed by atoms with Gasteiger partial charge in [0.25, 0.3) is 0 Å². The zero-order valence-electron chi connectivity index (χ0n) is 16.2. The molecule has 8 nitrogen and oxygen atoms in total. The highest BCUT2D eigenvalue weighted by atomic mass is 79.9. The lowest BCUT2D eigenvalue weighted by Crippen LogP contribution is -2.23. The maximum atomic E-state index is 12.4. The molecule has 1 aromatic heterocycles. The standard InChI is InChI=1S/C20H20BrN3O5S/c1-28-17-8-7-15(21)11-14(17)12-22-19(25)9-10-20-23-18(24-29-20)13-30(26,27)16-5-3-2-4-6-16/h2-8,11H,9-10,12-13H2,1H3,(H,22,25). The van der Waals surface area contributed by atoms with Crippen molar-refractivity contribution in [3.8, 4) is 5.75 Å². The Morgan fingerprint density at radius 1 is 1.20 bits per heavy atom. The third kappa shape index (κ3) is 5.90. The highest BCUT2D eigenvalue weighted by Crippen LogP contribution is 2.22. The Balaban J connectivity index is 1.52. The highest BCUT2D eigenvalue weighted by molar-refractivity contribution is 9.10. The smallest absolute Gasteiger partial charge is 0.227 e. The van der Waals surface area contributed by atoms with Crippen LogP contribution in [0.25, 0.3) is 0 Å². The topological polar surface area (TPSA) is 111 Å². The minimum atomic E-state index is -3.56. The van der Waals surface area contributed by atoms with Gasteiger partial charge in [-0.25, -0.2) is 8.42 Å². The number of benzene rings is 2. The number of aryl methyl sites for hydroxylation is 1. The largest absolute Gasteiger partial charge is 0.496 e. The van der Waals surface area contributed by atoms with Crippen molar-refractivity contribution in [3.63, 3.8) is 0 Å². The van der Waals surface area contributed by atoms with Gasteiger partial charge in [-0.2, -0.15) is 4.98 Å². The number of carbonyl (C=O) groups excluding carboxylic acids is 1. The van der Waals surface area contributed by atoms with Gasteiger partial charge in [-0.15, -0.1) is 0 Å². The first-order valence-corrected chi connectivity index (χ1v) is 11.5. The number of hydrogen-bond donors (Lipinski definition) is 1. The van der Waals surface area contributed by atoms with Crippen molar-refractivity contribution in [1.29, 1.82) is 0 Å². The van der Waals surface area contributed by atoms with Gasteiger partial charge in [-0.05, 0) is 30.3 Å². The summed E-state index contributed by atoms with van der Waals surface area (Å²) >= 11 is 3.39. The van der Waals surface area contributed by atoms with Crippen molar-refractivity contribution in [2.45, 2.75) is 30.0 Å². The number of halogens is 1. The molecule has 0 spiro atoms. The SMILES string of the molecule is COc1ccc(Br)cc1CNC(=O)CCc1nc(CS(=O)(=O)c2ccccc2)no1. The molecule has 0 aliphatic heterocycles. The molecular formula is C20H20BrN3O5S. The van der Waals surface area contributed by atoms with E-state index in [2.05, 4.69) is 31.4 Å². The van der Waals surface area contributed by atoms with Gasteiger partial charge >= 0.3 is 0 Å². The van der Waals surface area contributed by atoms with Crippen LogP contribution in [-0.4, -0.2) is 31.6 Å². The van der Waals surface area contributed by atoms with Crippen LogP contribution in [0.1, 0.15) is 23.7 Å². The van der Waals surface area contributed by atoms with E-state index < -0.39 is 9.84 Å².